The summed E-state index contributed by atoms with van der Waals surface area (Å²) in [7, 11) is 0. The average Bonchev–Trinajstić information content (AvgIpc) is 3.10. The van der Waals surface area contributed by atoms with Crippen LogP contribution in [0.1, 0.15) is 245 Å². The summed E-state index contributed by atoms with van der Waals surface area (Å²) in [6.07, 6.45) is 37.5. The Labute approximate surface area is 316 Å². The SMILES string of the molecule is CCCCCCCCCCCCC(CC(CC(CCCCCCCCCCCC)C(=O)O)C(CCCCCCCCCCCC)C(=O)O)C(=O)O. The van der Waals surface area contributed by atoms with Gasteiger partial charge in [0.2, 0.25) is 0 Å². The van der Waals surface area contributed by atoms with Gasteiger partial charge in [-0.3, -0.25) is 14.4 Å². The molecule has 0 saturated carbocycles. The number of aliphatic carboxylic acids is 3. The second-order valence-corrected chi connectivity index (χ2v) is 16.2. The predicted octanol–water partition coefficient (Wildman–Crippen LogP) is 14.4. The molecule has 6 nitrogen and oxygen atoms in total. The molecule has 0 aliphatic carbocycles. The van der Waals surface area contributed by atoms with Crippen molar-refractivity contribution in [1.82, 2.24) is 0 Å². The minimum atomic E-state index is -0.887. The highest BCUT2D eigenvalue weighted by molar-refractivity contribution is 5.73. The zero-order valence-electron chi connectivity index (χ0n) is 34.1. The lowest BCUT2D eigenvalue weighted by atomic mass is 9.75. The third-order valence-corrected chi connectivity index (χ3v) is 11.4. The van der Waals surface area contributed by atoms with E-state index in [4.69, 9.17) is 0 Å². The summed E-state index contributed by atoms with van der Waals surface area (Å²) in [5.74, 6) is -4.98. The maximum Gasteiger partial charge on any atom is 0.306 e. The summed E-state index contributed by atoms with van der Waals surface area (Å²) >= 11 is 0. The zero-order chi connectivity index (χ0) is 37.8. The van der Waals surface area contributed by atoms with E-state index < -0.39 is 41.6 Å². The molecule has 0 radical (unpaired) electrons. The first kappa shape index (κ1) is 49.4. The summed E-state index contributed by atoms with van der Waals surface area (Å²) in [4.78, 5) is 37.7. The van der Waals surface area contributed by atoms with Gasteiger partial charge in [0.15, 0.2) is 0 Å². The van der Waals surface area contributed by atoms with E-state index in [-0.39, 0.29) is 12.8 Å². The standard InChI is InChI=1S/C45H86O6/c1-4-7-10-13-16-19-22-25-28-31-34-39(43(46)47)37-41(42(45(50)51)36-33-30-27-24-21-18-15-12-9-6-3)38-40(44(48)49)35-32-29-26-23-20-17-14-11-8-5-2/h39-42H,4-38H2,1-3H3,(H,46,47)(H,48,49)(H,50,51). The molecule has 0 spiro atoms. The van der Waals surface area contributed by atoms with Crippen molar-refractivity contribution < 1.29 is 29.7 Å². The number of hydrogen-bond donors (Lipinski definition) is 3. The van der Waals surface area contributed by atoms with Gasteiger partial charge in [0.25, 0.3) is 0 Å². The van der Waals surface area contributed by atoms with E-state index >= 15 is 0 Å². The lowest BCUT2D eigenvalue weighted by molar-refractivity contribution is -0.149. The molecule has 3 atom stereocenters. The fraction of sp³-hybridized carbons (Fsp3) is 0.933. The average molecular weight is 723 g/mol. The van der Waals surface area contributed by atoms with Gasteiger partial charge in [-0.2, -0.15) is 0 Å². The van der Waals surface area contributed by atoms with Crippen molar-refractivity contribution in [3.8, 4) is 0 Å². The molecule has 0 bridgehead atoms. The zero-order valence-corrected chi connectivity index (χ0v) is 34.1. The number of carboxylic acid groups (broad SMARTS) is 3. The van der Waals surface area contributed by atoms with Crippen molar-refractivity contribution in [2.45, 2.75) is 245 Å². The first-order valence-electron chi connectivity index (χ1n) is 22.5. The number of unbranched alkanes of at least 4 members (excludes halogenated alkanes) is 27. The summed E-state index contributed by atoms with van der Waals surface area (Å²) in [6, 6.07) is 0. The Kier molecular flexibility index (Phi) is 35.6. The van der Waals surface area contributed by atoms with E-state index in [9.17, 15) is 29.7 Å². The van der Waals surface area contributed by atoms with E-state index in [1.165, 1.54) is 135 Å². The molecule has 0 aliphatic rings. The minimum Gasteiger partial charge on any atom is -0.481 e. The highest BCUT2D eigenvalue weighted by atomic mass is 16.4. The van der Waals surface area contributed by atoms with Crippen LogP contribution in [-0.2, 0) is 14.4 Å². The molecule has 0 fully saturated rings. The number of rotatable bonds is 41. The van der Waals surface area contributed by atoms with Gasteiger partial charge in [0.1, 0.15) is 0 Å². The fourth-order valence-corrected chi connectivity index (χ4v) is 8.01. The molecule has 3 unspecified atom stereocenters. The third kappa shape index (κ3) is 30.6. The summed E-state index contributed by atoms with van der Waals surface area (Å²) in [5.41, 5.74) is 0. The topological polar surface area (TPSA) is 112 Å². The molecule has 3 N–H and O–H groups in total. The van der Waals surface area contributed by atoms with Crippen molar-refractivity contribution in [2.24, 2.45) is 23.7 Å². The predicted molar refractivity (Wildman–Crippen MR) is 215 cm³/mol. The Morgan fingerprint density at radius 1 is 0.333 bits per heavy atom. The van der Waals surface area contributed by atoms with Crippen LogP contribution in [0.25, 0.3) is 0 Å². The second kappa shape index (κ2) is 36.8. The normalized spacial score (nSPS) is 13.9. The fourth-order valence-electron chi connectivity index (χ4n) is 8.01. The van der Waals surface area contributed by atoms with Gasteiger partial charge in [-0.25, -0.2) is 0 Å². The van der Waals surface area contributed by atoms with Gasteiger partial charge in [-0.1, -0.05) is 213 Å². The molecule has 0 aromatic rings. The van der Waals surface area contributed by atoms with Crippen LogP contribution in [0.2, 0.25) is 0 Å². The van der Waals surface area contributed by atoms with Crippen LogP contribution in [-0.4, -0.2) is 33.2 Å². The lowest BCUT2D eigenvalue weighted by Gasteiger charge is -2.29. The van der Waals surface area contributed by atoms with Crippen LogP contribution in [0.3, 0.4) is 0 Å². The largest absolute Gasteiger partial charge is 0.481 e. The highest BCUT2D eigenvalue weighted by Gasteiger charge is 2.35. The Hall–Kier alpha value is -1.59. The molecule has 0 saturated heterocycles. The molecule has 302 valence electrons. The Morgan fingerprint density at radius 3 is 0.804 bits per heavy atom. The van der Waals surface area contributed by atoms with Crippen LogP contribution >= 0.6 is 0 Å². The van der Waals surface area contributed by atoms with Gasteiger partial charge in [-0.15, -0.1) is 0 Å². The van der Waals surface area contributed by atoms with Crippen LogP contribution in [0.4, 0.5) is 0 Å². The minimum absolute atomic E-state index is 0.267. The van der Waals surface area contributed by atoms with E-state index in [2.05, 4.69) is 20.8 Å². The summed E-state index contributed by atoms with van der Waals surface area (Å²) in [5, 5.41) is 30.9. The second-order valence-electron chi connectivity index (χ2n) is 16.2. The molecular formula is C45H86O6. The maximum atomic E-state index is 12.7. The van der Waals surface area contributed by atoms with Crippen molar-refractivity contribution in [1.29, 1.82) is 0 Å². The van der Waals surface area contributed by atoms with Gasteiger partial charge in [-0.05, 0) is 38.0 Å². The number of hydrogen-bond acceptors (Lipinski definition) is 3. The summed E-state index contributed by atoms with van der Waals surface area (Å²) < 4.78 is 0. The van der Waals surface area contributed by atoms with Gasteiger partial charge in [0.05, 0.1) is 17.8 Å². The van der Waals surface area contributed by atoms with Crippen LogP contribution in [0.5, 0.6) is 0 Å². The molecule has 0 amide bonds. The maximum absolute atomic E-state index is 12.7. The Bertz CT molecular complexity index is 754. The van der Waals surface area contributed by atoms with Gasteiger partial charge < -0.3 is 15.3 Å². The van der Waals surface area contributed by atoms with Crippen LogP contribution in [0, 0.1) is 23.7 Å². The van der Waals surface area contributed by atoms with E-state index in [1.807, 2.05) is 0 Å². The molecule has 0 heterocycles. The van der Waals surface area contributed by atoms with Crippen molar-refractivity contribution >= 4 is 17.9 Å². The highest BCUT2D eigenvalue weighted by Crippen LogP contribution is 2.35. The molecule has 0 rings (SSSR count). The number of carbonyl (C=O) groups is 3. The molecule has 0 aromatic heterocycles. The Balaban J connectivity index is 5.20. The van der Waals surface area contributed by atoms with Gasteiger partial charge >= 0.3 is 17.9 Å². The molecule has 6 heteroatoms. The van der Waals surface area contributed by atoms with Crippen molar-refractivity contribution in [2.75, 3.05) is 0 Å². The van der Waals surface area contributed by atoms with E-state index in [1.54, 1.807) is 0 Å². The molecule has 51 heavy (non-hydrogen) atoms. The van der Waals surface area contributed by atoms with Crippen molar-refractivity contribution in [3.05, 3.63) is 0 Å². The lowest BCUT2D eigenvalue weighted by Crippen LogP contribution is -2.31. The first-order valence-corrected chi connectivity index (χ1v) is 22.5. The van der Waals surface area contributed by atoms with Crippen molar-refractivity contribution in [3.63, 3.8) is 0 Å². The number of carboxylic acids is 3. The quantitative estimate of drug-likeness (QED) is 0.0542. The van der Waals surface area contributed by atoms with E-state index in [0.717, 1.165) is 57.8 Å². The first-order chi connectivity index (χ1) is 24.8. The van der Waals surface area contributed by atoms with Crippen LogP contribution in [0.15, 0.2) is 0 Å². The van der Waals surface area contributed by atoms with Gasteiger partial charge in [0, 0.05) is 0 Å². The summed E-state index contributed by atoms with van der Waals surface area (Å²) in [6.45, 7) is 6.70. The molecule has 0 aliphatic heterocycles. The monoisotopic (exact) mass is 723 g/mol. The third-order valence-electron chi connectivity index (χ3n) is 11.4. The Morgan fingerprint density at radius 2 is 0.569 bits per heavy atom. The molecular weight excluding hydrogens is 636 g/mol. The molecule has 0 aromatic carbocycles. The van der Waals surface area contributed by atoms with Crippen LogP contribution < -0.4 is 0 Å². The van der Waals surface area contributed by atoms with E-state index in [0.29, 0.717) is 19.3 Å². The smallest absolute Gasteiger partial charge is 0.306 e.